The molecule has 6 nitrogen and oxygen atoms in total. The SMILES string of the molecule is CCOC(=O)CC(=O)c1ccc(OC(C)=O)c(OC)c1. The van der Waals surface area contributed by atoms with E-state index in [2.05, 4.69) is 0 Å². The molecule has 0 aliphatic rings. The molecule has 0 aliphatic carbocycles. The van der Waals surface area contributed by atoms with Gasteiger partial charge in [0.15, 0.2) is 17.3 Å². The molecular formula is C14H16O6. The van der Waals surface area contributed by atoms with Crippen LogP contribution in [0.3, 0.4) is 0 Å². The molecule has 0 aliphatic heterocycles. The van der Waals surface area contributed by atoms with Crippen molar-refractivity contribution in [2.24, 2.45) is 0 Å². The van der Waals surface area contributed by atoms with Crippen LogP contribution in [0, 0.1) is 0 Å². The third-order valence-corrected chi connectivity index (χ3v) is 2.35. The van der Waals surface area contributed by atoms with Crippen LogP contribution in [0.2, 0.25) is 0 Å². The Balaban J connectivity index is 2.89. The van der Waals surface area contributed by atoms with Crippen molar-refractivity contribution in [2.75, 3.05) is 13.7 Å². The largest absolute Gasteiger partial charge is 0.493 e. The minimum Gasteiger partial charge on any atom is -0.493 e. The lowest BCUT2D eigenvalue weighted by Crippen LogP contribution is -2.11. The van der Waals surface area contributed by atoms with E-state index in [0.717, 1.165) is 0 Å². The molecule has 1 aromatic carbocycles. The fourth-order valence-electron chi connectivity index (χ4n) is 1.53. The van der Waals surface area contributed by atoms with Crippen molar-refractivity contribution >= 4 is 17.7 Å². The molecule has 20 heavy (non-hydrogen) atoms. The van der Waals surface area contributed by atoms with Crippen molar-refractivity contribution in [2.45, 2.75) is 20.3 Å². The van der Waals surface area contributed by atoms with Crippen LogP contribution in [-0.2, 0) is 14.3 Å². The number of esters is 2. The Morgan fingerprint density at radius 2 is 1.85 bits per heavy atom. The Labute approximate surface area is 116 Å². The molecule has 6 heteroatoms. The average molecular weight is 280 g/mol. The number of Topliss-reactive ketones (excluding diaryl/α,β-unsaturated/α-hetero) is 1. The summed E-state index contributed by atoms with van der Waals surface area (Å²) in [5.74, 6) is -1.01. The van der Waals surface area contributed by atoms with Crippen LogP contribution in [0.4, 0.5) is 0 Å². The highest BCUT2D eigenvalue weighted by Crippen LogP contribution is 2.28. The molecule has 108 valence electrons. The Morgan fingerprint density at radius 1 is 1.15 bits per heavy atom. The lowest BCUT2D eigenvalue weighted by atomic mass is 10.1. The van der Waals surface area contributed by atoms with E-state index in [1.165, 1.54) is 32.2 Å². The van der Waals surface area contributed by atoms with E-state index in [-0.39, 0.29) is 30.1 Å². The fourth-order valence-corrected chi connectivity index (χ4v) is 1.53. The van der Waals surface area contributed by atoms with Crippen molar-refractivity contribution in [3.63, 3.8) is 0 Å². The van der Waals surface area contributed by atoms with Gasteiger partial charge in [-0.15, -0.1) is 0 Å². The van der Waals surface area contributed by atoms with Gasteiger partial charge < -0.3 is 14.2 Å². The molecule has 0 saturated carbocycles. The molecule has 1 aromatic rings. The number of hydrogen-bond acceptors (Lipinski definition) is 6. The topological polar surface area (TPSA) is 78.9 Å². The van der Waals surface area contributed by atoms with Crippen LogP contribution in [0.1, 0.15) is 30.6 Å². The van der Waals surface area contributed by atoms with Gasteiger partial charge in [0.2, 0.25) is 0 Å². The maximum atomic E-state index is 11.9. The van der Waals surface area contributed by atoms with Crippen LogP contribution in [0.25, 0.3) is 0 Å². The molecule has 0 N–H and O–H groups in total. The van der Waals surface area contributed by atoms with Crippen LogP contribution in [-0.4, -0.2) is 31.4 Å². The Kier molecular flexibility index (Phi) is 5.71. The lowest BCUT2D eigenvalue weighted by Gasteiger charge is -2.09. The van der Waals surface area contributed by atoms with Crippen LogP contribution in [0.5, 0.6) is 11.5 Å². The first-order chi connectivity index (χ1) is 9.47. The summed E-state index contributed by atoms with van der Waals surface area (Å²) in [6.45, 7) is 3.15. The summed E-state index contributed by atoms with van der Waals surface area (Å²) in [7, 11) is 1.39. The third-order valence-electron chi connectivity index (χ3n) is 2.35. The molecule has 0 radical (unpaired) electrons. The third kappa shape index (κ3) is 4.38. The second-order valence-electron chi connectivity index (χ2n) is 3.86. The maximum Gasteiger partial charge on any atom is 0.313 e. The minimum atomic E-state index is -0.583. The normalized spacial score (nSPS) is 9.75. The van der Waals surface area contributed by atoms with Crippen molar-refractivity contribution in [1.29, 1.82) is 0 Å². The van der Waals surface area contributed by atoms with Gasteiger partial charge in [-0.1, -0.05) is 0 Å². The summed E-state index contributed by atoms with van der Waals surface area (Å²) < 4.78 is 14.7. The van der Waals surface area contributed by atoms with E-state index in [9.17, 15) is 14.4 Å². The summed E-state index contributed by atoms with van der Waals surface area (Å²) >= 11 is 0. The zero-order chi connectivity index (χ0) is 15.1. The molecule has 0 amide bonds. The van der Waals surface area contributed by atoms with Crippen molar-refractivity contribution in [3.8, 4) is 11.5 Å². The van der Waals surface area contributed by atoms with E-state index in [1.807, 2.05) is 0 Å². The molecule has 0 spiro atoms. The van der Waals surface area contributed by atoms with Crippen molar-refractivity contribution < 1.29 is 28.6 Å². The van der Waals surface area contributed by atoms with E-state index < -0.39 is 17.7 Å². The highest BCUT2D eigenvalue weighted by molar-refractivity contribution is 6.06. The highest BCUT2D eigenvalue weighted by atomic mass is 16.6. The number of carbonyl (C=O) groups excluding carboxylic acids is 3. The van der Waals surface area contributed by atoms with E-state index in [1.54, 1.807) is 6.92 Å². The summed E-state index contributed by atoms with van der Waals surface area (Å²) in [6, 6.07) is 4.32. The molecule has 0 fully saturated rings. The van der Waals surface area contributed by atoms with Crippen LogP contribution in [0.15, 0.2) is 18.2 Å². The number of hydrogen-bond donors (Lipinski definition) is 0. The summed E-state index contributed by atoms with van der Waals surface area (Å²) in [5.41, 5.74) is 0.283. The molecule has 0 saturated heterocycles. The van der Waals surface area contributed by atoms with Gasteiger partial charge >= 0.3 is 11.9 Å². The number of ether oxygens (including phenoxy) is 3. The van der Waals surface area contributed by atoms with Gasteiger partial charge in [-0.25, -0.2) is 0 Å². The zero-order valence-electron chi connectivity index (χ0n) is 11.6. The number of benzene rings is 1. The second kappa shape index (κ2) is 7.28. The molecular weight excluding hydrogens is 264 g/mol. The molecule has 0 bridgehead atoms. The standard InChI is InChI=1S/C14H16O6/c1-4-19-14(17)8-11(16)10-5-6-12(20-9(2)15)13(7-10)18-3/h5-7H,4,8H2,1-3H3. The first-order valence-electron chi connectivity index (χ1n) is 6.03. The fraction of sp³-hybridized carbons (Fsp3) is 0.357. The molecule has 0 unspecified atom stereocenters. The van der Waals surface area contributed by atoms with Crippen molar-refractivity contribution in [1.82, 2.24) is 0 Å². The number of rotatable bonds is 6. The van der Waals surface area contributed by atoms with Gasteiger partial charge in [0, 0.05) is 12.5 Å². The van der Waals surface area contributed by atoms with E-state index in [4.69, 9.17) is 14.2 Å². The first kappa shape index (κ1) is 15.7. The highest BCUT2D eigenvalue weighted by Gasteiger charge is 2.16. The molecule has 0 atom stereocenters. The molecule has 0 heterocycles. The second-order valence-corrected chi connectivity index (χ2v) is 3.86. The van der Waals surface area contributed by atoms with E-state index >= 15 is 0 Å². The summed E-state index contributed by atoms with van der Waals surface area (Å²) in [5, 5.41) is 0. The smallest absolute Gasteiger partial charge is 0.313 e. The molecule has 0 aromatic heterocycles. The number of methoxy groups -OCH3 is 1. The Morgan fingerprint density at radius 3 is 2.40 bits per heavy atom. The van der Waals surface area contributed by atoms with Gasteiger partial charge in [-0.2, -0.15) is 0 Å². The van der Waals surface area contributed by atoms with Gasteiger partial charge in [0.05, 0.1) is 13.7 Å². The summed E-state index contributed by atoms with van der Waals surface area (Å²) in [4.78, 5) is 34.0. The molecule has 1 rings (SSSR count). The van der Waals surface area contributed by atoms with Crippen LogP contribution < -0.4 is 9.47 Å². The first-order valence-corrected chi connectivity index (χ1v) is 6.03. The number of carbonyl (C=O) groups is 3. The number of ketones is 1. The van der Waals surface area contributed by atoms with Gasteiger partial charge in [0.1, 0.15) is 6.42 Å². The average Bonchev–Trinajstić information content (AvgIpc) is 2.38. The maximum absolute atomic E-state index is 11.9. The van der Waals surface area contributed by atoms with Crippen LogP contribution >= 0.6 is 0 Å². The predicted octanol–water partition coefficient (Wildman–Crippen LogP) is 1.76. The zero-order valence-corrected chi connectivity index (χ0v) is 11.6. The summed E-state index contributed by atoms with van der Waals surface area (Å²) in [6.07, 6.45) is -0.343. The van der Waals surface area contributed by atoms with Crippen molar-refractivity contribution in [3.05, 3.63) is 23.8 Å². The van der Waals surface area contributed by atoms with Gasteiger partial charge in [-0.05, 0) is 25.1 Å². The Hall–Kier alpha value is -2.37. The quantitative estimate of drug-likeness (QED) is 0.342. The lowest BCUT2D eigenvalue weighted by molar-refractivity contribution is -0.142. The van der Waals surface area contributed by atoms with E-state index in [0.29, 0.717) is 0 Å². The van der Waals surface area contributed by atoms with Gasteiger partial charge in [0.25, 0.3) is 0 Å². The minimum absolute atomic E-state index is 0.215. The van der Waals surface area contributed by atoms with Gasteiger partial charge in [-0.3, -0.25) is 14.4 Å². The monoisotopic (exact) mass is 280 g/mol. The predicted molar refractivity (Wildman–Crippen MR) is 69.9 cm³/mol. The Bertz CT molecular complexity index is 520.